The van der Waals surface area contributed by atoms with Gasteiger partial charge in [0.05, 0.1) is 5.30 Å². The first-order chi connectivity index (χ1) is 6.25. The topological polar surface area (TPSA) is 57.5 Å². The molecule has 0 saturated heterocycles. The van der Waals surface area contributed by atoms with E-state index in [1.807, 2.05) is 19.9 Å². The number of rotatable bonds is 1. The van der Waals surface area contributed by atoms with Crippen LogP contribution in [-0.4, -0.2) is 9.79 Å². The smallest absolute Gasteiger partial charge is 0.321 e. The van der Waals surface area contributed by atoms with E-state index in [1.54, 1.807) is 13.8 Å². The Kier molecular flexibility index (Phi) is 2.86. The molecule has 0 heterocycles. The maximum atomic E-state index is 11.3. The molecular weight excluding hydrogens is 199 g/mol. The summed E-state index contributed by atoms with van der Waals surface area (Å²) in [6.45, 7) is 7.22. The van der Waals surface area contributed by atoms with E-state index in [-0.39, 0.29) is 5.30 Å². The van der Waals surface area contributed by atoms with E-state index in [0.717, 1.165) is 11.1 Å². The second kappa shape index (κ2) is 3.50. The molecule has 0 saturated carbocycles. The highest BCUT2D eigenvalue weighted by atomic mass is 31.2. The van der Waals surface area contributed by atoms with Gasteiger partial charge >= 0.3 is 7.60 Å². The number of benzene rings is 1. The highest BCUT2D eigenvalue weighted by Crippen LogP contribution is 2.37. The Morgan fingerprint density at radius 2 is 1.36 bits per heavy atom. The summed E-state index contributed by atoms with van der Waals surface area (Å²) in [6, 6.07) is 1.95. The Balaban J connectivity index is 3.65. The molecule has 0 fully saturated rings. The number of hydrogen-bond donors (Lipinski definition) is 2. The van der Waals surface area contributed by atoms with Gasteiger partial charge in [0.25, 0.3) is 0 Å². The third kappa shape index (κ3) is 1.90. The van der Waals surface area contributed by atoms with Crippen LogP contribution in [0.15, 0.2) is 6.07 Å². The van der Waals surface area contributed by atoms with Crippen LogP contribution in [0.25, 0.3) is 0 Å². The van der Waals surface area contributed by atoms with Gasteiger partial charge in [-0.05, 0) is 49.9 Å². The molecule has 0 aliphatic rings. The average Bonchev–Trinajstić information content (AvgIpc) is 1.98. The van der Waals surface area contributed by atoms with Crippen molar-refractivity contribution in [2.45, 2.75) is 27.7 Å². The van der Waals surface area contributed by atoms with E-state index < -0.39 is 7.60 Å². The predicted octanol–water partition coefficient (Wildman–Crippen LogP) is 1.72. The summed E-state index contributed by atoms with van der Waals surface area (Å²) in [5, 5.41) is 0.190. The summed E-state index contributed by atoms with van der Waals surface area (Å²) < 4.78 is 11.3. The Morgan fingerprint density at radius 3 is 1.64 bits per heavy atom. The van der Waals surface area contributed by atoms with Crippen LogP contribution >= 0.6 is 7.60 Å². The van der Waals surface area contributed by atoms with Crippen LogP contribution in [0.5, 0.6) is 0 Å². The molecule has 0 unspecified atom stereocenters. The zero-order valence-corrected chi connectivity index (χ0v) is 9.72. The van der Waals surface area contributed by atoms with E-state index in [1.165, 1.54) is 0 Å². The van der Waals surface area contributed by atoms with Crippen LogP contribution in [-0.2, 0) is 4.57 Å². The second-order valence-electron chi connectivity index (χ2n) is 3.65. The largest absolute Gasteiger partial charge is 0.356 e. The van der Waals surface area contributed by atoms with E-state index >= 15 is 0 Å². The summed E-state index contributed by atoms with van der Waals surface area (Å²) in [7, 11) is -4.15. The summed E-state index contributed by atoms with van der Waals surface area (Å²) in [5.41, 5.74) is 3.24. The van der Waals surface area contributed by atoms with E-state index in [2.05, 4.69) is 0 Å². The molecule has 0 aliphatic heterocycles. The molecule has 14 heavy (non-hydrogen) atoms. The van der Waals surface area contributed by atoms with Crippen molar-refractivity contribution in [3.63, 3.8) is 0 Å². The van der Waals surface area contributed by atoms with Gasteiger partial charge in [-0.3, -0.25) is 4.57 Å². The van der Waals surface area contributed by atoms with Crippen LogP contribution in [0.3, 0.4) is 0 Å². The summed E-state index contributed by atoms with van der Waals surface area (Å²) >= 11 is 0. The van der Waals surface area contributed by atoms with Gasteiger partial charge in [-0.25, -0.2) is 0 Å². The van der Waals surface area contributed by atoms with Crippen molar-refractivity contribution >= 4 is 12.9 Å². The Labute approximate surface area is 83.9 Å². The molecule has 0 aliphatic carbocycles. The Morgan fingerprint density at radius 1 is 1.00 bits per heavy atom. The van der Waals surface area contributed by atoms with Crippen molar-refractivity contribution in [2.75, 3.05) is 0 Å². The van der Waals surface area contributed by atoms with Gasteiger partial charge in [0.2, 0.25) is 0 Å². The Bertz CT molecular complexity index is 392. The zero-order chi connectivity index (χ0) is 11.1. The number of hydrogen-bond acceptors (Lipinski definition) is 1. The standard InChI is InChI=1S/C10H15O3P/c1-6-5-7(2)9(4)10(8(6)3)14(11,12)13/h5H,1-4H3,(H2,11,12,13). The maximum Gasteiger partial charge on any atom is 0.356 e. The van der Waals surface area contributed by atoms with Crippen molar-refractivity contribution in [3.8, 4) is 0 Å². The quantitative estimate of drug-likeness (QED) is 0.700. The predicted molar refractivity (Wildman–Crippen MR) is 57.1 cm³/mol. The highest BCUT2D eigenvalue weighted by molar-refractivity contribution is 7.60. The molecule has 0 amide bonds. The fourth-order valence-corrected chi connectivity index (χ4v) is 2.86. The summed E-state index contributed by atoms with van der Waals surface area (Å²) in [6.07, 6.45) is 0. The van der Waals surface area contributed by atoms with Crippen molar-refractivity contribution in [1.29, 1.82) is 0 Å². The van der Waals surface area contributed by atoms with Crippen molar-refractivity contribution in [1.82, 2.24) is 0 Å². The van der Waals surface area contributed by atoms with Gasteiger partial charge < -0.3 is 9.79 Å². The van der Waals surface area contributed by atoms with Crippen molar-refractivity contribution in [2.24, 2.45) is 0 Å². The highest BCUT2D eigenvalue weighted by Gasteiger charge is 2.24. The SMILES string of the molecule is Cc1cc(C)c(C)c(P(=O)(O)O)c1C. The third-order valence-electron chi connectivity index (χ3n) is 2.62. The molecular formula is C10H15O3P. The molecule has 78 valence electrons. The maximum absolute atomic E-state index is 11.3. The van der Waals surface area contributed by atoms with Crippen LogP contribution in [0.1, 0.15) is 22.3 Å². The third-order valence-corrected chi connectivity index (χ3v) is 3.87. The zero-order valence-electron chi connectivity index (χ0n) is 8.83. The van der Waals surface area contributed by atoms with Crippen LogP contribution in [0.2, 0.25) is 0 Å². The van der Waals surface area contributed by atoms with Crippen molar-refractivity contribution < 1.29 is 14.4 Å². The molecule has 0 radical (unpaired) electrons. The first-order valence-electron chi connectivity index (χ1n) is 4.38. The minimum Gasteiger partial charge on any atom is -0.321 e. The fraction of sp³-hybridized carbons (Fsp3) is 0.400. The summed E-state index contributed by atoms with van der Waals surface area (Å²) in [5.74, 6) is 0. The average molecular weight is 214 g/mol. The number of aryl methyl sites for hydroxylation is 2. The molecule has 0 spiro atoms. The van der Waals surface area contributed by atoms with Crippen molar-refractivity contribution in [3.05, 3.63) is 28.3 Å². The lowest BCUT2D eigenvalue weighted by atomic mass is 10.0. The van der Waals surface area contributed by atoms with Gasteiger partial charge in [-0.1, -0.05) is 6.07 Å². The van der Waals surface area contributed by atoms with Gasteiger partial charge in [-0.15, -0.1) is 0 Å². The molecule has 1 aromatic rings. The van der Waals surface area contributed by atoms with E-state index in [0.29, 0.717) is 11.1 Å². The molecule has 4 heteroatoms. The minimum absolute atomic E-state index is 0.190. The van der Waals surface area contributed by atoms with Gasteiger partial charge in [0, 0.05) is 0 Å². The van der Waals surface area contributed by atoms with E-state index in [9.17, 15) is 14.4 Å². The minimum atomic E-state index is -4.15. The second-order valence-corrected chi connectivity index (χ2v) is 5.19. The monoisotopic (exact) mass is 214 g/mol. The molecule has 3 nitrogen and oxygen atoms in total. The van der Waals surface area contributed by atoms with Crippen LogP contribution < -0.4 is 5.30 Å². The lowest BCUT2D eigenvalue weighted by Gasteiger charge is -2.15. The Hall–Kier alpha value is -0.630. The lowest BCUT2D eigenvalue weighted by Crippen LogP contribution is -2.15. The lowest BCUT2D eigenvalue weighted by molar-refractivity contribution is 0.387. The van der Waals surface area contributed by atoms with E-state index in [4.69, 9.17) is 0 Å². The normalized spacial score (nSPS) is 11.9. The molecule has 1 aromatic carbocycles. The summed E-state index contributed by atoms with van der Waals surface area (Å²) in [4.78, 5) is 18.4. The first-order valence-corrected chi connectivity index (χ1v) is 6.00. The van der Waals surface area contributed by atoms with Crippen LogP contribution in [0.4, 0.5) is 0 Å². The van der Waals surface area contributed by atoms with Crippen LogP contribution in [0, 0.1) is 27.7 Å². The first kappa shape index (κ1) is 11.4. The molecule has 1 rings (SSSR count). The molecule has 0 atom stereocenters. The van der Waals surface area contributed by atoms with Gasteiger partial charge in [0.1, 0.15) is 0 Å². The fourth-order valence-electron chi connectivity index (χ4n) is 1.63. The molecule has 0 bridgehead atoms. The molecule has 0 aromatic heterocycles. The molecule has 2 N–H and O–H groups in total. The van der Waals surface area contributed by atoms with Gasteiger partial charge in [-0.2, -0.15) is 0 Å². The van der Waals surface area contributed by atoms with Gasteiger partial charge in [0.15, 0.2) is 0 Å².